The van der Waals surface area contributed by atoms with Gasteiger partial charge in [-0.15, -0.1) is 0 Å². The lowest BCUT2D eigenvalue weighted by Gasteiger charge is -2.32. The lowest BCUT2D eigenvalue weighted by atomic mass is 10.1. The van der Waals surface area contributed by atoms with E-state index in [2.05, 4.69) is 11.3 Å². The van der Waals surface area contributed by atoms with Crippen molar-refractivity contribution < 1.29 is 17.6 Å². The van der Waals surface area contributed by atoms with Crippen molar-refractivity contribution in [3.63, 3.8) is 0 Å². The Bertz CT molecular complexity index is 906. The summed E-state index contributed by atoms with van der Waals surface area (Å²) in [6, 6.07) is 10.2. The molecule has 1 aliphatic heterocycles. The van der Waals surface area contributed by atoms with Crippen molar-refractivity contribution in [1.29, 1.82) is 0 Å². The minimum atomic E-state index is -3.53. The van der Waals surface area contributed by atoms with Gasteiger partial charge in [-0.25, -0.2) is 13.1 Å². The van der Waals surface area contributed by atoms with E-state index in [1.807, 2.05) is 12.1 Å². The number of amides is 1. The number of likely N-dealkylation sites (tertiary alicyclic amines) is 1. The molecular formula is C18H19ClN2O4S. The van der Waals surface area contributed by atoms with Gasteiger partial charge in [0.15, 0.2) is 5.76 Å². The van der Waals surface area contributed by atoms with Crippen LogP contribution >= 0.6 is 11.6 Å². The van der Waals surface area contributed by atoms with Gasteiger partial charge >= 0.3 is 0 Å². The van der Waals surface area contributed by atoms with Crippen LogP contribution in [0.15, 0.2) is 52.8 Å². The van der Waals surface area contributed by atoms with Gasteiger partial charge in [-0.2, -0.15) is 0 Å². The number of carbonyl (C=O) groups is 1. The molecule has 2 aromatic rings. The Hall–Kier alpha value is -2.09. The Balaban J connectivity index is 1.71. The smallest absolute Gasteiger partial charge is 0.289 e. The standard InChI is InChI=1S/C18H19ClN2O4S/c1-2-26(23,24)20-15-4-3-11-21(12-15)18(22)17-10-9-16(25-17)13-5-7-14(19)8-6-13/h2,5-10,15,20H,1,3-4,11-12H2/t15-/m0/s1. The molecule has 0 spiro atoms. The van der Waals surface area contributed by atoms with Crippen molar-refractivity contribution in [1.82, 2.24) is 9.62 Å². The highest BCUT2D eigenvalue weighted by molar-refractivity contribution is 7.92. The van der Waals surface area contributed by atoms with Crippen LogP contribution in [0.2, 0.25) is 5.02 Å². The zero-order valence-electron chi connectivity index (χ0n) is 14.0. The molecule has 1 aromatic heterocycles. The molecule has 1 aliphatic rings. The highest BCUT2D eigenvalue weighted by Crippen LogP contribution is 2.25. The average Bonchev–Trinajstić information content (AvgIpc) is 3.11. The number of nitrogens with one attached hydrogen (secondary N) is 1. The largest absolute Gasteiger partial charge is 0.451 e. The number of halogens is 1. The minimum Gasteiger partial charge on any atom is -0.451 e. The molecule has 1 amide bonds. The summed E-state index contributed by atoms with van der Waals surface area (Å²) in [4.78, 5) is 14.3. The third-order valence-corrected chi connectivity index (χ3v) is 5.56. The molecule has 0 saturated carbocycles. The van der Waals surface area contributed by atoms with Gasteiger partial charge in [0.25, 0.3) is 5.91 Å². The first-order valence-corrected chi connectivity index (χ1v) is 10.1. The molecule has 1 atom stereocenters. The molecule has 26 heavy (non-hydrogen) atoms. The van der Waals surface area contributed by atoms with Gasteiger partial charge in [-0.3, -0.25) is 4.79 Å². The number of piperidine rings is 1. The zero-order chi connectivity index (χ0) is 18.7. The fraction of sp³-hybridized carbons (Fsp3) is 0.278. The van der Waals surface area contributed by atoms with Crippen molar-refractivity contribution in [3.05, 3.63) is 59.2 Å². The van der Waals surface area contributed by atoms with Gasteiger partial charge in [0, 0.05) is 35.1 Å². The maximum atomic E-state index is 12.7. The highest BCUT2D eigenvalue weighted by Gasteiger charge is 2.28. The molecule has 1 fully saturated rings. The molecule has 1 N–H and O–H groups in total. The molecular weight excluding hydrogens is 376 g/mol. The van der Waals surface area contributed by atoms with Crippen molar-refractivity contribution >= 4 is 27.5 Å². The van der Waals surface area contributed by atoms with Gasteiger partial charge in [0.05, 0.1) is 0 Å². The highest BCUT2D eigenvalue weighted by atomic mass is 35.5. The number of hydrogen-bond acceptors (Lipinski definition) is 4. The van der Waals surface area contributed by atoms with Crippen molar-refractivity contribution in [3.8, 4) is 11.3 Å². The molecule has 3 rings (SSSR count). The second-order valence-corrected chi connectivity index (χ2v) is 8.19. The van der Waals surface area contributed by atoms with Crippen molar-refractivity contribution in [2.45, 2.75) is 18.9 Å². The Labute approximate surface area is 157 Å². The van der Waals surface area contributed by atoms with Crippen LogP contribution in [0, 0.1) is 0 Å². The predicted molar refractivity (Wildman–Crippen MR) is 100 cm³/mol. The number of carbonyl (C=O) groups excluding carboxylic acids is 1. The fourth-order valence-corrected chi connectivity index (χ4v) is 3.80. The first-order chi connectivity index (χ1) is 12.4. The second kappa shape index (κ2) is 7.65. The van der Waals surface area contributed by atoms with E-state index in [-0.39, 0.29) is 17.7 Å². The average molecular weight is 395 g/mol. The molecule has 2 heterocycles. The first kappa shape index (κ1) is 18.7. The monoisotopic (exact) mass is 394 g/mol. The number of hydrogen-bond donors (Lipinski definition) is 1. The summed E-state index contributed by atoms with van der Waals surface area (Å²) in [5, 5.41) is 1.50. The van der Waals surface area contributed by atoms with Crippen LogP contribution in [0.3, 0.4) is 0 Å². The second-order valence-electron chi connectivity index (χ2n) is 6.09. The number of benzene rings is 1. The lowest BCUT2D eigenvalue weighted by molar-refractivity contribution is 0.0672. The predicted octanol–water partition coefficient (Wildman–Crippen LogP) is 3.27. The third-order valence-electron chi connectivity index (χ3n) is 4.20. The summed E-state index contributed by atoms with van der Waals surface area (Å²) in [6.45, 7) is 4.13. The molecule has 6 nitrogen and oxygen atoms in total. The molecule has 0 radical (unpaired) electrons. The Kier molecular flexibility index (Phi) is 5.50. The van der Waals surface area contributed by atoms with Gasteiger partial charge < -0.3 is 9.32 Å². The summed E-state index contributed by atoms with van der Waals surface area (Å²) >= 11 is 5.88. The summed E-state index contributed by atoms with van der Waals surface area (Å²) in [6.07, 6.45) is 1.38. The number of sulfonamides is 1. The van der Waals surface area contributed by atoms with Gasteiger partial charge in [0.2, 0.25) is 10.0 Å². The van der Waals surface area contributed by atoms with Crippen LogP contribution in [0.1, 0.15) is 23.4 Å². The van der Waals surface area contributed by atoms with Crippen molar-refractivity contribution in [2.24, 2.45) is 0 Å². The van der Waals surface area contributed by atoms with E-state index in [4.69, 9.17) is 16.0 Å². The molecule has 0 unspecified atom stereocenters. The minimum absolute atomic E-state index is 0.224. The quantitative estimate of drug-likeness (QED) is 0.844. The SMILES string of the molecule is C=CS(=O)(=O)N[C@H]1CCCN(C(=O)c2ccc(-c3ccc(Cl)cc3)o2)C1. The summed E-state index contributed by atoms with van der Waals surface area (Å²) in [5.41, 5.74) is 0.823. The summed E-state index contributed by atoms with van der Waals surface area (Å²) in [5.74, 6) is 0.542. The van der Waals surface area contributed by atoms with Crippen LogP contribution in [0.4, 0.5) is 0 Å². The zero-order valence-corrected chi connectivity index (χ0v) is 15.6. The van der Waals surface area contributed by atoms with Gasteiger partial charge in [-0.1, -0.05) is 18.2 Å². The molecule has 8 heteroatoms. The summed E-state index contributed by atoms with van der Waals surface area (Å²) < 4.78 is 31.5. The molecule has 0 bridgehead atoms. The molecule has 1 aromatic carbocycles. The molecule has 1 saturated heterocycles. The first-order valence-electron chi connectivity index (χ1n) is 8.18. The van der Waals surface area contributed by atoms with Crippen molar-refractivity contribution in [2.75, 3.05) is 13.1 Å². The normalized spacial score (nSPS) is 17.9. The molecule has 0 aliphatic carbocycles. The van der Waals surface area contributed by atoms with E-state index in [0.717, 1.165) is 11.0 Å². The van der Waals surface area contributed by atoms with Gasteiger partial charge in [0.1, 0.15) is 5.76 Å². The number of rotatable bonds is 5. The Morgan fingerprint density at radius 2 is 2.00 bits per heavy atom. The van der Waals surface area contributed by atoms with E-state index in [1.54, 1.807) is 29.2 Å². The maximum absolute atomic E-state index is 12.7. The topological polar surface area (TPSA) is 79.6 Å². The van der Waals surface area contributed by atoms with E-state index >= 15 is 0 Å². The Morgan fingerprint density at radius 3 is 2.69 bits per heavy atom. The van der Waals surface area contributed by atoms with E-state index < -0.39 is 10.0 Å². The van der Waals surface area contributed by atoms with Crippen LogP contribution in [0.25, 0.3) is 11.3 Å². The third kappa shape index (κ3) is 4.35. The fourth-order valence-electron chi connectivity index (χ4n) is 2.92. The van der Waals surface area contributed by atoms with Gasteiger partial charge in [-0.05, 0) is 49.2 Å². The van der Waals surface area contributed by atoms with Crippen LogP contribution in [-0.4, -0.2) is 38.4 Å². The lowest BCUT2D eigenvalue weighted by Crippen LogP contribution is -2.49. The molecule has 138 valence electrons. The van der Waals surface area contributed by atoms with E-state index in [1.165, 1.54) is 0 Å². The number of nitrogens with zero attached hydrogens (tertiary/aromatic N) is 1. The Morgan fingerprint density at radius 1 is 1.27 bits per heavy atom. The van der Waals surface area contributed by atoms with E-state index in [9.17, 15) is 13.2 Å². The van der Waals surface area contributed by atoms with Crippen LogP contribution in [0.5, 0.6) is 0 Å². The maximum Gasteiger partial charge on any atom is 0.289 e. The van der Waals surface area contributed by atoms with E-state index in [0.29, 0.717) is 36.7 Å². The van der Waals surface area contributed by atoms with Crippen LogP contribution in [-0.2, 0) is 10.0 Å². The van der Waals surface area contributed by atoms with Crippen LogP contribution < -0.4 is 4.72 Å². The number of furan rings is 1. The summed E-state index contributed by atoms with van der Waals surface area (Å²) in [7, 11) is -3.53.